The Morgan fingerprint density at radius 2 is 2.00 bits per heavy atom. The van der Waals surface area contributed by atoms with Crippen molar-refractivity contribution < 1.29 is 9.57 Å². The second-order valence-corrected chi connectivity index (χ2v) is 4.75. The number of benzene rings is 1. The molecule has 0 amide bonds. The lowest BCUT2D eigenvalue weighted by molar-refractivity contribution is 0.0457. The predicted octanol–water partition coefficient (Wildman–Crippen LogP) is 3.29. The van der Waals surface area contributed by atoms with Crippen molar-refractivity contribution in [1.29, 1.82) is 0 Å². The van der Waals surface area contributed by atoms with Gasteiger partial charge in [0.05, 0.1) is 6.10 Å². The summed E-state index contributed by atoms with van der Waals surface area (Å²) >= 11 is 3.32. The molecule has 3 nitrogen and oxygen atoms in total. The van der Waals surface area contributed by atoms with Gasteiger partial charge in [-0.25, -0.2) is 0 Å². The van der Waals surface area contributed by atoms with E-state index in [1.165, 1.54) is 0 Å². The summed E-state index contributed by atoms with van der Waals surface area (Å²) in [5.74, 6) is 0.882. The monoisotopic (exact) mass is 283 g/mol. The van der Waals surface area contributed by atoms with Gasteiger partial charge >= 0.3 is 0 Å². The highest BCUT2D eigenvalue weighted by atomic mass is 79.9. The average molecular weight is 284 g/mol. The Kier molecular flexibility index (Phi) is 3.51. The number of hydrogen-bond acceptors (Lipinski definition) is 3. The first-order valence-electron chi connectivity index (χ1n) is 5.21. The molecule has 1 aliphatic heterocycles. The van der Waals surface area contributed by atoms with Crippen molar-refractivity contribution in [2.75, 3.05) is 0 Å². The van der Waals surface area contributed by atoms with Crippen molar-refractivity contribution in [3.63, 3.8) is 0 Å². The number of ether oxygens (including phenoxy) is 1. The Balaban J connectivity index is 2.07. The Bertz CT molecular complexity index is 387. The first kappa shape index (κ1) is 11.5. The molecule has 1 N–H and O–H groups in total. The zero-order valence-electron chi connectivity index (χ0n) is 9.24. The normalized spacial score (nSPS) is 19.5. The number of nitrogens with one attached hydrogen (secondary N) is 1. The number of hydrogen-bond donors (Lipinski definition) is 1. The molecule has 1 aromatic rings. The van der Waals surface area contributed by atoms with Crippen LogP contribution in [0, 0.1) is 0 Å². The maximum absolute atomic E-state index is 5.57. The van der Waals surface area contributed by atoms with E-state index in [2.05, 4.69) is 21.4 Å². The standard InChI is InChI=1S/C12H14BrNO2/c1-8(2)15-10-5-3-9(4-6-10)11-7-12(13)14-16-11/h3-8,11,14H,1-2H3/t11-/m0/s1. The van der Waals surface area contributed by atoms with Crippen LogP contribution in [0.2, 0.25) is 0 Å². The molecule has 0 fully saturated rings. The van der Waals surface area contributed by atoms with Crippen LogP contribution in [0.4, 0.5) is 0 Å². The van der Waals surface area contributed by atoms with Crippen LogP contribution in [-0.4, -0.2) is 6.10 Å². The van der Waals surface area contributed by atoms with E-state index in [9.17, 15) is 0 Å². The second-order valence-electron chi connectivity index (χ2n) is 3.89. The van der Waals surface area contributed by atoms with E-state index in [1.807, 2.05) is 44.2 Å². The van der Waals surface area contributed by atoms with Gasteiger partial charge in [0, 0.05) is 0 Å². The third-order valence-corrected chi connectivity index (χ3v) is 2.59. The van der Waals surface area contributed by atoms with Gasteiger partial charge in [-0.05, 0) is 53.5 Å². The molecule has 16 heavy (non-hydrogen) atoms. The van der Waals surface area contributed by atoms with Crippen LogP contribution >= 0.6 is 15.9 Å². The third kappa shape index (κ3) is 2.77. The molecular weight excluding hydrogens is 270 g/mol. The molecule has 1 atom stereocenters. The highest BCUT2D eigenvalue weighted by Crippen LogP contribution is 2.27. The molecule has 1 aliphatic rings. The fourth-order valence-electron chi connectivity index (χ4n) is 1.49. The van der Waals surface area contributed by atoms with Gasteiger partial charge in [0.1, 0.15) is 16.5 Å². The van der Waals surface area contributed by atoms with Gasteiger partial charge in [-0.3, -0.25) is 10.3 Å². The first-order valence-corrected chi connectivity index (χ1v) is 6.00. The first-order chi connectivity index (χ1) is 7.65. The third-order valence-electron chi connectivity index (χ3n) is 2.16. The quantitative estimate of drug-likeness (QED) is 0.864. The molecule has 0 saturated carbocycles. The molecule has 0 aliphatic carbocycles. The average Bonchev–Trinajstić information content (AvgIpc) is 2.65. The van der Waals surface area contributed by atoms with E-state index in [-0.39, 0.29) is 12.2 Å². The SMILES string of the molecule is CC(C)Oc1ccc([C@@H]2C=C(Br)NO2)cc1. The smallest absolute Gasteiger partial charge is 0.131 e. The summed E-state index contributed by atoms with van der Waals surface area (Å²) in [6.07, 6.45) is 2.13. The minimum atomic E-state index is -0.0394. The van der Waals surface area contributed by atoms with Crippen molar-refractivity contribution >= 4 is 15.9 Å². The summed E-state index contributed by atoms with van der Waals surface area (Å²) in [4.78, 5) is 5.34. The van der Waals surface area contributed by atoms with E-state index < -0.39 is 0 Å². The minimum Gasteiger partial charge on any atom is -0.491 e. The van der Waals surface area contributed by atoms with Crippen LogP contribution < -0.4 is 10.2 Å². The molecule has 2 rings (SSSR count). The largest absolute Gasteiger partial charge is 0.491 e. The topological polar surface area (TPSA) is 30.5 Å². The molecule has 0 radical (unpaired) electrons. The van der Waals surface area contributed by atoms with Crippen LogP contribution in [0.5, 0.6) is 5.75 Å². The van der Waals surface area contributed by atoms with Crippen molar-refractivity contribution in [3.8, 4) is 5.75 Å². The van der Waals surface area contributed by atoms with Crippen LogP contribution in [0.1, 0.15) is 25.5 Å². The van der Waals surface area contributed by atoms with Crippen LogP contribution in [0.25, 0.3) is 0 Å². The molecule has 4 heteroatoms. The van der Waals surface area contributed by atoms with E-state index in [4.69, 9.17) is 9.57 Å². The van der Waals surface area contributed by atoms with Gasteiger partial charge in [-0.15, -0.1) is 0 Å². The maximum Gasteiger partial charge on any atom is 0.131 e. The molecule has 0 saturated heterocycles. The molecule has 86 valence electrons. The Labute approximate surface area is 104 Å². The fourth-order valence-corrected chi connectivity index (χ4v) is 1.83. The fraction of sp³-hybridized carbons (Fsp3) is 0.333. The van der Waals surface area contributed by atoms with Gasteiger partial charge in [0.2, 0.25) is 0 Å². The summed E-state index contributed by atoms with van der Waals surface area (Å²) < 4.78 is 6.43. The number of rotatable bonds is 3. The number of halogens is 1. The highest BCUT2D eigenvalue weighted by molar-refractivity contribution is 9.11. The Morgan fingerprint density at radius 3 is 2.50 bits per heavy atom. The molecule has 1 aromatic carbocycles. The lowest BCUT2D eigenvalue weighted by atomic mass is 10.1. The van der Waals surface area contributed by atoms with E-state index >= 15 is 0 Å². The van der Waals surface area contributed by atoms with E-state index in [0.717, 1.165) is 15.9 Å². The van der Waals surface area contributed by atoms with Gasteiger partial charge in [0.25, 0.3) is 0 Å². The molecule has 0 bridgehead atoms. The van der Waals surface area contributed by atoms with Gasteiger partial charge in [-0.1, -0.05) is 12.1 Å². The van der Waals surface area contributed by atoms with Crippen LogP contribution in [-0.2, 0) is 4.84 Å². The molecule has 0 aromatic heterocycles. The summed E-state index contributed by atoms with van der Waals surface area (Å²) in [6.45, 7) is 4.02. The van der Waals surface area contributed by atoms with Crippen molar-refractivity contribution in [1.82, 2.24) is 5.48 Å². The van der Waals surface area contributed by atoms with Crippen molar-refractivity contribution in [2.45, 2.75) is 26.1 Å². The van der Waals surface area contributed by atoms with Gasteiger partial charge in [-0.2, -0.15) is 0 Å². The van der Waals surface area contributed by atoms with Crippen LogP contribution in [0.3, 0.4) is 0 Å². The summed E-state index contributed by atoms with van der Waals surface area (Å²) in [5, 5.41) is 0. The van der Waals surface area contributed by atoms with Gasteiger partial charge < -0.3 is 4.74 Å². The van der Waals surface area contributed by atoms with Gasteiger partial charge in [0.15, 0.2) is 0 Å². The predicted molar refractivity (Wildman–Crippen MR) is 66.2 cm³/mol. The maximum atomic E-state index is 5.57. The molecule has 1 heterocycles. The molecular formula is C12H14BrNO2. The highest BCUT2D eigenvalue weighted by Gasteiger charge is 2.16. The minimum absolute atomic E-state index is 0.0394. The van der Waals surface area contributed by atoms with Crippen LogP contribution in [0.15, 0.2) is 34.9 Å². The van der Waals surface area contributed by atoms with E-state index in [0.29, 0.717) is 0 Å². The zero-order chi connectivity index (χ0) is 11.5. The van der Waals surface area contributed by atoms with E-state index in [1.54, 1.807) is 0 Å². The number of hydroxylamine groups is 1. The summed E-state index contributed by atoms with van der Waals surface area (Å²) in [7, 11) is 0. The summed E-state index contributed by atoms with van der Waals surface area (Å²) in [6, 6.07) is 7.93. The molecule has 0 spiro atoms. The second kappa shape index (κ2) is 4.89. The summed E-state index contributed by atoms with van der Waals surface area (Å²) in [5.41, 5.74) is 3.86. The Morgan fingerprint density at radius 1 is 1.31 bits per heavy atom. The lowest BCUT2D eigenvalue weighted by Gasteiger charge is -2.11. The molecule has 0 unspecified atom stereocenters. The zero-order valence-corrected chi connectivity index (χ0v) is 10.8. The van der Waals surface area contributed by atoms with Crippen molar-refractivity contribution in [3.05, 3.63) is 40.5 Å². The van der Waals surface area contributed by atoms with Crippen molar-refractivity contribution in [2.24, 2.45) is 0 Å². The Hall–Kier alpha value is -1.00. The lowest BCUT2D eigenvalue weighted by Crippen LogP contribution is -2.07.